The molecule has 31 heavy (non-hydrogen) atoms. The normalized spacial score (nSPS) is 17.7. The van der Waals surface area contributed by atoms with Gasteiger partial charge in [-0.05, 0) is 19.4 Å². The molecule has 2 heterocycles. The molecule has 2 fully saturated rings. The van der Waals surface area contributed by atoms with E-state index >= 15 is 0 Å². The lowest BCUT2D eigenvalue weighted by Crippen LogP contribution is -2.43. The lowest BCUT2D eigenvalue weighted by atomic mass is 10.1. The number of hydrogen-bond donors (Lipinski definition) is 2. The molecule has 0 unspecified atom stereocenters. The van der Waals surface area contributed by atoms with Crippen molar-refractivity contribution in [2.24, 2.45) is 5.92 Å². The van der Waals surface area contributed by atoms with Crippen LogP contribution in [0.25, 0.3) is 0 Å². The number of amides is 1. The Morgan fingerprint density at radius 3 is 2.42 bits per heavy atom. The largest absolute Gasteiger partial charge is 0.490 e. The van der Waals surface area contributed by atoms with E-state index in [1.165, 1.54) is 32.1 Å². The summed E-state index contributed by atoms with van der Waals surface area (Å²) in [5.41, 5.74) is 0.585. The van der Waals surface area contributed by atoms with E-state index in [0.717, 1.165) is 56.6 Å². The Balaban J connectivity index is 0.000000423. The van der Waals surface area contributed by atoms with Gasteiger partial charge in [0.25, 0.3) is 5.91 Å². The van der Waals surface area contributed by atoms with Crippen LogP contribution in [0.2, 0.25) is 0 Å². The SMILES string of the molecule is CN1CCN(Cc2nc(C(=O)NCCCCCC3CC3)cs2)CC1.O=C(O)C(F)(F)F. The molecule has 1 amide bonds. The quantitative estimate of drug-likeness (QED) is 0.546. The van der Waals surface area contributed by atoms with E-state index in [0.29, 0.717) is 5.69 Å². The third-order valence-corrected chi connectivity index (χ3v) is 6.09. The van der Waals surface area contributed by atoms with Crippen LogP contribution in [0.4, 0.5) is 13.2 Å². The second-order valence-electron chi connectivity index (χ2n) is 8.06. The van der Waals surface area contributed by atoms with Crippen molar-refractivity contribution in [3.8, 4) is 0 Å². The van der Waals surface area contributed by atoms with Crippen LogP contribution in [0.3, 0.4) is 0 Å². The third kappa shape index (κ3) is 10.4. The van der Waals surface area contributed by atoms with E-state index in [4.69, 9.17) is 9.90 Å². The third-order valence-electron chi connectivity index (χ3n) is 5.25. The average Bonchev–Trinajstić information content (AvgIpc) is 3.42. The van der Waals surface area contributed by atoms with Crippen molar-refractivity contribution < 1.29 is 27.9 Å². The number of nitrogens with zero attached hydrogens (tertiary/aromatic N) is 3. The van der Waals surface area contributed by atoms with Crippen LogP contribution in [0, 0.1) is 5.92 Å². The number of unbranched alkanes of at least 4 members (excludes halogenated alkanes) is 2. The van der Waals surface area contributed by atoms with Crippen molar-refractivity contribution in [1.29, 1.82) is 0 Å². The smallest absolute Gasteiger partial charge is 0.475 e. The van der Waals surface area contributed by atoms with E-state index in [9.17, 15) is 18.0 Å². The van der Waals surface area contributed by atoms with Crippen molar-refractivity contribution in [2.45, 2.75) is 51.2 Å². The number of alkyl halides is 3. The maximum atomic E-state index is 12.2. The average molecular weight is 465 g/mol. The summed E-state index contributed by atoms with van der Waals surface area (Å²) in [5.74, 6) is -1.75. The molecule has 11 heteroatoms. The summed E-state index contributed by atoms with van der Waals surface area (Å²) in [6, 6.07) is 0. The topological polar surface area (TPSA) is 85.8 Å². The second-order valence-corrected chi connectivity index (χ2v) is 9.00. The maximum absolute atomic E-state index is 12.2. The van der Waals surface area contributed by atoms with E-state index < -0.39 is 12.1 Å². The van der Waals surface area contributed by atoms with E-state index in [1.54, 1.807) is 11.3 Å². The highest BCUT2D eigenvalue weighted by Gasteiger charge is 2.38. The molecule has 2 aliphatic rings. The van der Waals surface area contributed by atoms with Gasteiger partial charge in [-0.25, -0.2) is 9.78 Å². The Kier molecular flexibility index (Phi) is 10.2. The van der Waals surface area contributed by atoms with Crippen molar-refractivity contribution in [2.75, 3.05) is 39.8 Å². The first-order chi connectivity index (χ1) is 14.6. The number of carbonyl (C=O) groups is 2. The lowest BCUT2D eigenvalue weighted by Gasteiger charge is -2.31. The fraction of sp³-hybridized carbons (Fsp3) is 0.750. The van der Waals surface area contributed by atoms with Gasteiger partial charge in [0.2, 0.25) is 0 Å². The van der Waals surface area contributed by atoms with Crippen LogP contribution < -0.4 is 5.32 Å². The molecule has 7 nitrogen and oxygen atoms in total. The van der Waals surface area contributed by atoms with Crippen LogP contribution >= 0.6 is 11.3 Å². The number of rotatable bonds is 9. The number of piperazine rings is 1. The van der Waals surface area contributed by atoms with Gasteiger partial charge in [0.1, 0.15) is 10.7 Å². The fourth-order valence-electron chi connectivity index (χ4n) is 3.12. The number of likely N-dealkylation sites (N-methyl/N-ethyl adjacent to an activating group) is 1. The predicted molar refractivity (Wildman–Crippen MR) is 112 cm³/mol. The predicted octanol–water partition coefficient (Wildman–Crippen LogP) is 3.22. The van der Waals surface area contributed by atoms with Gasteiger partial charge in [-0.1, -0.05) is 32.1 Å². The van der Waals surface area contributed by atoms with E-state index in [1.807, 2.05) is 5.38 Å². The van der Waals surface area contributed by atoms with E-state index in [2.05, 4.69) is 27.1 Å². The molecule has 0 aromatic carbocycles. The summed E-state index contributed by atoms with van der Waals surface area (Å²) < 4.78 is 31.7. The molecule has 1 aromatic heterocycles. The first-order valence-corrected chi connectivity index (χ1v) is 11.5. The number of nitrogens with one attached hydrogen (secondary N) is 1. The summed E-state index contributed by atoms with van der Waals surface area (Å²) >= 11 is 1.60. The number of aromatic nitrogens is 1. The minimum absolute atomic E-state index is 0.0157. The Bertz CT molecular complexity index is 702. The van der Waals surface area contributed by atoms with Crippen LogP contribution in [0.15, 0.2) is 5.38 Å². The standard InChI is InChI=1S/C18H30N4OS.C2HF3O2/c1-21-9-11-22(12-10-21)13-17-20-16(14-24-17)18(23)19-8-4-2-3-5-15-6-7-15;3-2(4,5)1(6)7/h14-15H,2-13H2,1H3,(H,19,23);(H,6,7). The van der Waals surface area contributed by atoms with Gasteiger partial charge in [-0.3, -0.25) is 9.69 Å². The molecule has 0 bridgehead atoms. The van der Waals surface area contributed by atoms with Gasteiger partial charge < -0.3 is 15.3 Å². The maximum Gasteiger partial charge on any atom is 0.490 e. The molecular formula is C20H31F3N4O3S. The molecular weight excluding hydrogens is 433 g/mol. The number of carboxylic acid groups (broad SMARTS) is 1. The van der Waals surface area contributed by atoms with Crippen molar-refractivity contribution in [3.63, 3.8) is 0 Å². The number of thiazole rings is 1. The molecule has 1 aliphatic carbocycles. The van der Waals surface area contributed by atoms with Gasteiger partial charge >= 0.3 is 12.1 Å². The van der Waals surface area contributed by atoms with Gasteiger partial charge in [0.15, 0.2) is 0 Å². The highest BCUT2D eigenvalue weighted by atomic mass is 32.1. The zero-order chi connectivity index (χ0) is 22.9. The van der Waals surface area contributed by atoms with Crippen LogP contribution in [-0.4, -0.2) is 77.7 Å². The lowest BCUT2D eigenvalue weighted by molar-refractivity contribution is -0.192. The molecule has 0 atom stereocenters. The van der Waals surface area contributed by atoms with Crippen LogP contribution in [-0.2, 0) is 11.3 Å². The highest BCUT2D eigenvalue weighted by molar-refractivity contribution is 7.09. The van der Waals surface area contributed by atoms with Gasteiger partial charge in [-0.2, -0.15) is 13.2 Å². The van der Waals surface area contributed by atoms with Crippen molar-refractivity contribution >= 4 is 23.2 Å². The first-order valence-electron chi connectivity index (χ1n) is 10.6. The molecule has 176 valence electrons. The molecule has 2 N–H and O–H groups in total. The minimum Gasteiger partial charge on any atom is -0.475 e. The zero-order valence-electron chi connectivity index (χ0n) is 17.8. The molecule has 1 saturated heterocycles. The molecule has 0 spiro atoms. The number of aliphatic carboxylic acids is 1. The highest BCUT2D eigenvalue weighted by Crippen LogP contribution is 2.33. The number of carbonyl (C=O) groups excluding carboxylic acids is 1. The fourth-order valence-corrected chi connectivity index (χ4v) is 3.93. The molecule has 1 aromatic rings. The Morgan fingerprint density at radius 2 is 1.84 bits per heavy atom. The Morgan fingerprint density at radius 1 is 1.19 bits per heavy atom. The van der Waals surface area contributed by atoms with Crippen molar-refractivity contribution in [3.05, 3.63) is 16.1 Å². The first kappa shape index (κ1) is 25.5. The summed E-state index contributed by atoms with van der Waals surface area (Å²) in [5, 5.41) is 13.1. The van der Waals surface area contributed by atoms with Gasteiger partial charge in [0, 0.05) is 38.1 Å². The van der Waals surface area contributed by atoms with Gasteiger partial charge in [-0.15, -0.1) is 11.3 Å². The Labute approximate surface area is 184 Å². The number of halogens is 3. The summed E-state index contributed by atoms with van der Waals surface area (Å²) in [6.45, 7) is 6.03. The minimum atomic E-state index is -5.08. The summed E-state index contributed by atoms with van der Waals surface area (Å²) in [4.78, 5) is 30.3. The van der Waals surface area contributed by atoms with Crippen molar-refractivity contribution in [1.82, 2.24) is 20.1 Å². The van der Waals surface area contributed by atoms with E-state index in [-0.39, 0.29) is 5.91 Å². The molecule has 0 radical (unpaired) electrons. The zero-order valence-corrected chi connectivity index (χ0v) is 18.6. The number of hydrogen-bond acceptors (Lipinski definition) is 6. The monoisotopic (exact) mass is 464 g/mol. The molecule has 1 saturated carbocycles. The Hall–Kier alpha value is -1.72. The molecule has 1 aliphatic heterocycles. The summed E-state index contributed by atoms with van der Waals surface area (Å²) in [6.07, 6.45) is 2.80. The second kappa shape index (κ2) is 12.4. The van der Waals surface area contributed by atoms with Gasteiger partial charge in [0.05, 0.1) is 6.54 Å². The van der Waals surface area contributed by atoms with Crippen LogP contribution in [0.1, 0.15) is 54.0 Å². The summed E-state index contributed by atoms with van der Waals surface area (Å²) in [7, 11) is 2.16. The number of carboxylic acids is 1. The van der Waals surface area contributed by atoms with Crippen LogP contribution in [0.5, 0.6) is 0 Å². The molecule has 3 rings (SSSR count).